The number of hydrogen-bond donors (Lipinski definition) is 1. The Labute approximate surface area is 286 Å². The number of benzene rings is 1. The van der Waals surface area contributed by atoms with Crippen LogP contribution < -0.4 is 14.8 Å². The fraction of sp³-hybridized carbons (Fsp3) is 0.639. The molecule has 2 aliphatic heterocycles. The summed E-state index contributed by atoms with van der Waals surface area (Å²) < 4.78 is 55.2. The molecule has 1 aromatic carbocycles. The lowest BCUT2D eigenvalue weighted by molar-refractivity contribution is -0.157. The summed E-state index contributed by atoms with van der Waals surface area (Å²) in [4.78, 5) is 51.7. The van der Waals surface area contributed by atoms with Crippen molar-refractivity contribution in [1.82, 2.24) is 20.2 Å². The zero-order valence-corrected chi connectivity index (χ0v) is 29.3. The molecule has 0 radical (unpaired) electrons. The number of carbonyl (C=O) groups is 3. The number of aromatic nitrogens is 2. The van der Waals surface area contributed by atoms with Gasteiger partial charge in [-0.05, 0) is 61.1 Å². The average molecular weight is 687 g/mol. The Morgan fingerprint density at radius 2 is 1.90 bits per heavy atom. The number of methoxy groups -OCH3 is 1. The zero-order valence-electron chi connectivity index (χ0n) is 29.3. The van der Waals surface area contributed by atoms with Crippen LogP contribution in [0.25, 0.3) is 11.0 Å². The first kappa shape index (κ1) is 36.3. The summed E-state index contributed by atoms with van der Waals surface area (Å²) in [6.07, 6.45) is 2.60. The highest BCUT2D eigenvalue weighted by Crippen LogP contribution is 2.41. The number of hydrogen-bond acceptors (Lipinski definition) is 9. The van der Waals surface area contributed by atoms with E-state index < -0.39 is 65.0 Å². The van der Waals surface area contributed by atoms with Crippen LogP contribution in [0.3, 0.4) is 0 Å². The van der Waals surface area contributed by atoms with Crippen LogP contribution in [0.2, 0.25) is 0 Å². The van der Waals surface area contributed by atoms with E-state index in [9.17, 15) is 14.4 Å². The topological polar surface area (TPSA) is 129 Å². The van der Waals surface area contributed by atoms with Crippen molar-refractivity contribution in [3.05, 3.63) is 36.0 Å². The maximum absolute atomic E-state index is 16.1. The Balaban J connectivity index is 1.64. The van der Waals surface area contributed by atoms with E-state index in [-0.39, 0.29) is 42.1 Å². The number of nitrogens with one attached hydrogen (secondary N) is 1. The van der Waals surface area contributed by atoms with E-state index in [1.807, 2.05) is 20.8 Å². The van der Waals surface area contributed by atoms with Crippen LogP contribution in [0, 0.1) is 23.2 Å². The molecular formula is C36H48F2N4O7. The van der Waals surface area contributed by atoms with Gasteiger partial charge in [0.1, 0.15) is 30.0 Å². The molecule has 1 aliphatic carbocycles. The molecule has 2 aromatic rings. The van der Waals surface area contributed by atoms with Gasteiger partial charge in [0.15, 0.2) is 5.69 Å². The first-order valence-electron chi connectivity index (χ1n) is 17.2. The minimum atomic E-state index is -3.57. The van der Waals surface area contributed by atoms with Crippen molar-refractivity contribution in [2.45, 2.75) is 104 Å². The van der Waals surface area contributed by atoms with E-state index in [1.165, 1.54) is 18.1 Å². The highest BCUT2D eigenvalue weighted by atomic mass is 19.3. The third kappa shape index (κ3) is 8.24. The summed E-state index contributed by atoms with van der Waals surface area (Å²) in [5.41, 5.74) is -0.951. The summed E-state index contributed by atoms with van der Waals surface area (Å²) in [5, 5.41) is 2.77. The number of carbonyl (C=O) groups excluding carboxylic acids is 3. The number of nitrogens with zero attached hydrogens (tertiary/aromatic N) is 3. The molecule has 268 valence electrons. The molecular weight excluding hydrogens is 638 g/mol. The van der Waals surface area contributed by atoms with Crippen LogP contribution in [0.15, 0.2) is 30.4 Å². The summed E-state index contributed by atoms with van der Waals surface area (Å²) in [6.45, 7) is 11.1. The first-order chi connectivity index (χ1) is 23.1. The molecule has 1 saturated carbocycles. The van der Waals surface area contributed by atoms with Gasteiger partial charge in [-0.1, -0.05) is 54.0 Å². The molecule has 1 N–H and O–H groups in total. The third-order valence-electron chi connectivity index (χ3n) is 9.24. The molecule has 2 amide bonds. The molecule has 2 fully saturated rings. The van der Waals surface area contributed by atoms with Crippen molar-refractivity contribution in [3.63, 3.8) is 0 Å². The Kier molecular flexibility index (Phi) is 10.7. The monoisotopic (exact) mass is 686 g/mol. The van der Waals surface area contributed by atoms with E-state index in [0.29, 0.717) is 37.9 Å². The van der Waals surface area contributed by atoms with Crippen LogP contribution in [-0.2, 0) is 25.0 Å². The second kappa shape index (κ2) is 14.4. The van der Waals surface area contributed by atoms with Gasteiger partial charge < -0.3 is 29.2 Å². The summed E-state index contributed by atoms with van der Waals surface area (Å²) in [7, 11) is 1.49. The number of ether oxygens (including phenoxy) is 4. The fourth-order valence-corrected chi connectivity index (χ4v) is 6.52. The molecule has 0 spiro atoms. The second-order valence-corrected chi connectivity index (χ2v) is 14.8. The molecule has 1 saturated heterocycles. The Hall–Kier alpha value is -4.03. The van der Waals surface area contributed by atoms with Gasteiger partial charge in [0, 0.05) is 12.0 Å². The lowest BCUT2D eigenvalue weighted by Gasteiger charge is -2.35. The van der Waals surface area contributed by atoms with Gasteiger partial charge in [-0.15, -0.1) is 0 Å². The standard InChI is InChI=1S/C36H48F2N4O7/c1-8-11-23-27-18-42(28(23)33(44)47-19-20(2)3)32(43)30(35(4,5)6)41-34(45)49-26-16-21(26)12-9-10-15-36(37,38)29-31(48-27)40-25-17-22(46-7)13-14-24(25)39-29/h10,13-15,17,20-21,23,26-28,30H,8-9,11-12,16,18-19H2,1-7H3,(H,41,45). The molecule has 6 atom stereocenters. The summed E-state index contributed by atoms with van der Waals surface area (Å²) >= 11 is 0. The van der Waals surface area contributed by atoms with Crippen molar-refractivity contribution in [3.8, 4) is 11.6 Å². The fourth-order valence-electron chi connectivity index (χ4n) is 6.52. The maximum atomic E-state index is 16.1. The molecule has 11 nitrogen and oxygen atoms in total. The largest absolute Gasteiger partial charge is 0.497 e. The highest BCUT2D eigenvalue weighted by Gasteiger charge is 2.53. The molecule has 49 heavy (non-hydrogen) atoms. The van der Waals surface area contributed by atoms with Crippen molar-refractivity contribution < 1.29 is 42.1 Å². The predicted octanol–water partition coefficient (Wildman–Crippen LogP) is 6.18. The van der Waals surface area contributed by atoms with E-state index in [1.54, 1.807) is 39.0 Å². The molecule has 3 heterocycles. The lowest BCUT2D eigenvalue weighted by Crippen LogP contribution is -2.57. The van der Waals surface area contributed by atoms with Crippen molar-refractivity contribution in [2.75, 3.05) is 20.3 Å². The van der Waals surface area contributed by atoms with Gasteiger partial charge in [-0.3, -0.25) is 4.79 Å². The molecule has 5 rings (SSSR count). The smallest absolute Gasteiger partial charge is 0.408 e. The normalized spacial score (nSPS) is 27.3. The molecule has 2 bridgehead atoms. The zero-order chi connectivity index (χ0) is 35.7. The van der Waals surface area contributed by atoms with E-state index in [0.717, 1.165) is 6.08 Å². The Bertz CT molecular complexity index is 1580. The highest BCUT2D eigenvalue weighted by molar-refractivity contribution is 5.91. The summed E-state index contributed by atoms with van der Waals surface area (Å²) in [5.74, 6) is -5.27. The second-order valence-electron chi connectivity index (χ2n) is 14.8. The molecule has 3 aliphatic rings. The maximum Gasteiger partial charge on any atom is 0.408 e. The minimum absolute atomic E-state index is 0.00952. The van der Waals surface area contributed by atoms with Crippen molar-refractivity contribution in [2.24, 2.45) is 23.2 Å². The molecule has 6 unspecified atom stereocenters. The number of rotatable bonds is 6. The van der Waals surface area contributed by atoms with Gasteiger partial charge in [-0.25, -0.2) is 19.6 Å². The third-order valence-corrected chi connectivity index (χ3v) is 9.24. The van der Waals surface area contributed by atoms with Gasteiger partial charge in [0.2, 0.25) is 11.8 Å². The van der Waals surface area contributed by atoms with Gasteiger partial charge >= 0.3 is 18.0 Å². The number of alkyl carbamates (subject to hydrolysis) is 1. The van der Waals surface area contributed by atoms with Gasteiger partial charge in [0.25, 0.3) is 0 Å². The lowest BCUT2D eigenvalue weighted by atomic mass is 9.85. The SMILES string of the molecule is CCCC1C2CN(C(=O)C(C(C)(C)C)NC(=O)OC3CC3CCC=CC(F)(F)c3nc4ccc(OC)cc4nc3O2)C1C(=O)OCC(C)C. The van der Waals surface area contributed by atoms with Crippen LogP contribution in [-0.4, -0.2) is 77.4 Å². The number of esters is 1. The minimum Gasteiger partial charge on any atom is -0.497 e. The van der Waals surface area contributed by atoms with Crippen LogP contribution in [0.1, 0.15) is 79.3 Å². The number of fused-ring (bicyclic) bond motifs is 5. The number of allylic oxidation sites excluding steroid dienone is 2. The van der Waals surface area contributed by atoms with Gasteiger partial charge in [0.05, 0.1) is 31.3 Å². The molecule has 13 heteroatoms. The Morgan fingerprint density at radius 1 is 1.14 bits per heavy atom. The Morgan fingerprint density at radius 3 is 2.57 bits per heavy atom. The number of halogens is 2. The van der Waals surface area contributed by atoms with E-state index in [2.05, 4.69) is 15.3 Å². The number of alkyl halides is 2. The number of amides is 2. The van der Waals surface area contributed by atoms with Crippen molar-refractivity contribution >= 4 is 29.0 Å². The van der Waals surface area contributed by atoms with E-state index in [4.69, 9.17) is 18.9 Å². The predicted molar refractivity (Wildman–Crippen MR) is 177 cm³/mol. The van der Waals surface area contributed by atoms with Crippen LogP contribution in [0.5, 0.6) is 11.6 Å². The quantitative estimate of drug-likeness (QED) is 0.280. The first-order valence-corrected chi connectivity index (χ1v) is 17.2. The van der Waals surface area contributed by atoms with Gasteiger partial charge in [-0.2, -0.15) is 8.78 Å². The van der Waals surface area contributed by atoms with Crippen LogP contribution >= 0.6 is 0 Å². The summed E-state index contributed by atoms with van der Waals surface area (Å²) in [6, 6.07) is 2.57. The van der Waals surface area contributed by atoms with Crippen molar-refractivity contribution in [1.29, 1.82) is 0 Å². The van der Waals surface area contributed by atoms with Crippen LogP contribution in [0.4, 0.5) is 13.6 Å². The molecule has 1 aromatic heterocycles. The average Bonchev–Trinajstić information content (AvgIpc) is 3.68. The van der Waals surface area contributed by atoms with E-state index >= 15 is 8.78 Å².